The number of hydrogen-bond acceptors (Lipinski definition) is 3. The molecule has 1 rings (SSSR count). The summed E-state index contributed by atoms with van der Waals surface area (Å²) in [6.45, 7) is 0.750. The molecule has 0 aliphatic carbocycles. The smallest absolute Gasteiger partial charge is 0.124 e. The summed E-state index contributed by atoms with van der Waals surface area (Å²) in [6, 6.07) is 6.40. The van der Waals surface area contributed by atoms with E-state index >= 15 is 0 Å². The predicted octanol–water partition coefficient (Wildman–Crippen LogP) is 2.97. The van der Waals surface area contributed by atoms with Crippen molar-refractivity contribution in [3.63, 3.8) is 0 Å². The number of halogens is 1. The van der Waals surface area contributed by atoms with Crippen molar-refractivity contribution in [3.05, 3.63) is 35.1 Å². The Hall–Kier alpha value is -1.05. The van der Waals surface area contributed by atoms with Gasteiger partial charge in [-0.25, -0.2) is 4.39 Å². The molecule has 0 fully saturated rings. The molecule has 0 aromatic heterocycles. The van der Waals surface area contributed by atoms with Gasteiger partial charge in [-0.3, -0.25) is 0 Å². The number of ether oxygens (including phenoxy) is 1. The second-order valence-corrected chi connectivity index (χ2v) is 4.46. The Morgan fingerprint density at radius 3 is 2.94 bits per heavy atom. The summed E-state index contributed by atoms with van der Waals surface area (Å²) in [5.41, 5.74) is 1.24. The largest absolute Gasteiger partial charge is 0.385 e. The van der Waals surface area contributed by atoms with Gasteiger partial charge in [-0.05, 0) is 35.9 Å². The van der Waals surface area contributed by atoms with Gasteiger partial charge in [-0.15, -0.1) is 0 Å². The maximum atomic E-state index is 13.1. The SMILES string of the molecule is COCCCSCc1cc(F)cc(C#N)c1. The Labute approximate surface area is 99.4 Å². The molecule has 2 nitrogen and oxygen atoms in total. The highest BCUT2D eigenvalue weighted by Crippen LogP contribution is 2.16. The van der Waals surface area contributed by atoms with E-state index in [1.54, 1.807) is 24.9 Å². The molecule has 0 saturated carbocycles. The molecule has 0 bridgehead atoms. The van der Waals surface area contributed by atoms with E-state index in [2.05, 4.69) is 0 Å². The minimum Gasteiger partial charge on any atom is -0.385 e. The van der Waals surface area contributed by atoms with Crippen LogP contribution in [0.25, 0.3) is 0 Å². The zero-order valence-electron chi connectivity index (χ0n) is 9.20. The van der Waals surface area contributed by atoms with Crippen LogP contribution in [-0.4, -0.2) is 19.5 Å². The van der Waals surface area contributed by atoms with Crippen molar-refractivity contribution in [2.45, 2.75) is 12.2 Å². The third-order valence-corrected chi connectivity index (χ3v) is 3.11. The van der Waals surface area contributed by atoms with Gasteiger partial charge in [0.25, 0.3) is 0 Å². The quantitative estimate of drug-likeness (QED) is 0.715. The molecule has 0 N–H and O–H groups in total. The minimum absolute atomic E-state index is 0.341. The summed E-state index contributed by atoms with van der Waals surface area (Å²) in [6.07, 6.45) is 0.988. The zero-order valence-corrected chi connectivity index (χ0v) is 10.0. The Balaban J connectivity index is 2.42. The standard InChI is InChI=1S/C12H14FNOS/c1-15-3-2-4-16-9-11-5-10(8-14)6-12(13)7-11/h5-7H,2-4,9H2,1H3. The maximum Gasteiger partial charge on any atom is 0.124 e. The lowest BCUT2D eigenvalue weighted by molar-refractivity contribution is 0.200. The van der Waals surface area contributed by atoms with Gasteiger partial charge >= 0.3 is 0 Å². The fourth-order valence-corrected chi connectivity index (χ4v) is 2.16. The van der Waals surface area contributed by atoms with E-state index in [1.807, 2.05) is 6.07 Å². The summed E-state index contributed by atoms with van der Waals surface area (Å²) in [5, 5.41) is 8.69. The van der Waals surface area contributed by atoms with Crippen LogP contribution in [0.4, 0.5) is 4.39 Å². The first-order chi connectivity index (χ1) is 7.76. The molecular formula is C12H14FNOS. The summed E-state index contributed by atoms with van der Waals surface area (Å²) in [7, 11) is 1.68. The fourth-order valence-electron chi connectivity index (χ4n) is 1.29. The minimum atomic E-state index is -0.341. The Morgan fingerprint density at radius 1 is 1.44 bits per heavy atom. The van der Waals surface area contributed by atoms with Crippen LogP contribution in [0.5, 0.6) is 0 Å². The van der Waals surface area contributed by atoms with Crippen LogP contribution in [-0.2, 0) is 10.5 Å². The average Bonchev–Trinajstić information content (AvgIpc) is 2.28. The lowest BCUT2D eigenvalue weighted by atomic mass is 10.1. The van der Waals surface area contributed by atoms with E-state index in [-0.39, 0.29) is 5.82 Å². The van der Waals surface area contributed by atoms with Crippen molar-refractivity contribution in [1.82, 2.24) is 0 Å². The lowest BCUT2D eigenvalue weighted by Crippen LogP contribution is -1.92. The normalized spacial score (nSPS) is 10.1. The number of methoxy groups -OCH3 is 1. The summed E-state index contributed by atoms with van der Waals surface area (Å²) >= 11 is 1.72. The number of rotatable bonds is 6. The first kappa shape index (κ1) is 13.0. The Morgan fingerprint density at radius 2 is 2.25 bits per heavy atom. The molecule has 0 unspecified atom stereocenters. The van der Waals surface area contributed by atoms with Gasteiger partial charge in [0.1, 0.15) is 5.82 Å². The molecule has 4 heteroatoms. The summed E-state index contributed by atoms with van der Waals surface area (Å²) in [4.78, 5) is 0. The Bertz CT molecular complexity index is 376. The third-order valence-electron chi connectivity index (χ3n) is 1.99. The van der Waals surface area contributed by atoms with E-state index in [0.717, 1.165) is 30.1 Å². The van der Waals surface area contributed by atoms with E-state index in [4.69, 9.17) is 10.00 Å². The highest BCUT2D eigenvalue weighted by molar-refractivity contribution is 7.98. The highest BCUT2D eigenvalue weighted by atomic mass is 32.2. The third kappa shape index (κ3) is 4.65. The monoisotopic (exact) mass is 239 g/mol. The van der Waals surface area contributed by atoms with Crippen LogP contribution in [0, 0.1) is 17.1 Å². The molecule has 1 aromatic rings. The van der Waals surface area contributed by atoms with Gasteiger partial charge in [-0.2, -0.15) is 17.0 Å². The van der Waals surface area contributed by atoms with E-state index < -0.39 is 0 Å². The van der Waals surface area contributed by atoms with Gasteiger partial charge in [-0.1, -0.05) is 0 Å². The average molecular weight is 239 g/mol. The molecule has 0 atom stereocenters. The highest BCUT2D eigenvalue weighted by Gasteiger charge is 2.00. The van der Waals surface area contributed by atoms with Crippen molar-refractivity contribution in [2.24, 2.45) is 0 Å². The van der Waals surface area contributed by atoms with Gasteiger partial charge < -0.3 is 4.74 Å². The summed E-state index contributed by atoms with van der Waals surface area (Å²) < 4.78 is 18.0. The number of thioether (sulfide) groups is 1. The van der Waals surface area contributed by atoms with Crippen LogP contribution >= 0.6 is 11.8 Å². The number of nitriles is 1. The molecule has 0 heterocycles. The van der Waals surface area contributed by atoms with E-state index in [0.29, 0.717) is 5.56 Å². The second kappa shape index (κ2) is 7.26. The van der Waals surface area contributed by atoms with Crippen molar-refractivity contribution in [2.75, 3.05) is 19.5 Å². The van der Waals surface area contributed by atoms with E-state index in [1.165, 1.54) is 12.1 Å². The fraction of sp³-hybridized carbons (Fsp3) is 0.417. The predicted molar refractivity (Wildman–Crippen MR) is 63.8 cm³/mol. The topological polar surface area (TPSA) is 33.0 Å². The molecule has 16 heavy (non-hydrogen) atoms. The first-order valence-electron chi connectivity index (χ1n) is 5.02. The van der Waals surface area contributed by atoms with Gasteiger partial charge in [0, 0.05) is 19.5 Å². The van der Waals surface area contributed by atoms with Gasteiger partial charge in [0.05, 0.1) is 11.6 Å². The summed E-state index contributed by atoms with van der Waals surface area (Å²) in [5.74, 6) is 1.37. The number of hydrogen-bond donors (Lipinski definition) is 0. The van der Waals surface area contributed by atoms with Crippen molar-refractivity contribution >= 4 is 11.8 Å². The molecule has 0 saturated heterocycles. The molecule has 0 radical (unpaired) electrons. The maximum absolute atomic E-state index is 13.1. The number of benzene rings is 1. The molecule has 1 aromatic carbocycles. The van der Waals surface area contributed by atoms with Crippen LogP contribution in [0.2, 0.25) is 0 Å². The van der Waals surface area contributed by atoms with Crippen molar-refractivity contribution < 1.29 is 9.13 Å². The molecule has 86 valence electrons. The molecule has 0 aliphatic heterocycles. The van der Waals surface area contributed by atoms with Gasteiger partial charge in [0.15, 0.2) is 0 Å². The number of nitrogens with zero attached hydrogens (tertiary/aromatic N) is 1. The van der Waals surface area contributed by atoms with Crippen LogP contribution < -0.4 is 0 Å². The van der Waals surface area contributed by atoms with Crippen molar-refractivity contribution in [1.29, 1.82) is 5.26 Å². The first-order valence-corrected chi connectivity index (χ1v) is 6.18. The molecular weight excluding hydrogens is 225 g/mol. The molecule has 0 amide bonds. The Kier molecular flexibility index (Phi) is 5.91. The lowest BCUT2D eigenvalue weighted by Gasteiger charge is -2.02. The van der Waals surface area contributed by atoms with Crippen LogP contribution in [0.15, 0.2) is 18.2 Å². The second-order valence-electron chi connectivity index (χ2n) is 3.36. The van der Waals surface area contributed by atoms with Crippen LogP contribution in [0.1, 0.15) is 17.5 Å². The van der Waals surface area contributed by atoms with Crippen molar-refractivity contribution in [3.8, 4) is 6.07 Å². The van der Waals surface area contributed by atoms with E-state index in [9.17, 15) is 4.39 Å². The molecule has 0 spiro atoms. The van der Waals surface area contributed by atoms with Crippen LogP contribution in [0.3, 0.4) is 0 Å². The zero-order chi connectivity index (χ0) is 11.8. The molecule has 0 aliphatic rings. The van der Waals surface area contributed by atoms with Gasteiger partial charge in [0.2, 0.25) is 0 Å².